The van der Waals surface area contributed by atoms with Gasteiger partial charge in [0.25, 0.3) is 0 Å². The number of hydrogen-bond donors (Lipinski definition) is 1. The van der Waals surface area contributed by atoms with E-state index in [0.29, 0.717) is 6.42 Å². The predicted octanol–water partition coefficient (Wildman–Crippen LogP) is 4.36. The fourth-order valence-electron chi connectivity index (χ4n) is 2.53. The minimum absolute atomic E-state index is 0.240. The zero-order chi connectivity index (χ0) is 14.2. The highest BCUT2D eigenvalue weighted by Crippen LogP contribution is 2.20. The van der Waals surface area contributed by atoms with Gasteiger partial charge >= 0.3 is 0 Å². The molecule has 2 rings (SSSR count). The first-order chi connectivity index (χ1) is 9.83. The van der Waals surface area contributed by atoms with Crippen molar-refractivity contribution in [2.45, 2.75) is 38.5 Å². The molecule has 0 heterocycles. The van der Waals surface area contributed by atoms with Crippen LogP contribution in [0, 0.1) is 0 Å². The molecule has 2 heteroatoms. The Morgan fingerprint density at radius 3 is 2.40 bits per heavy atom. The lowest BCUT2D eigenvalue weighted by molar-refractivity contribution is 0.0980. The maximum absolute atomic E-state index is 12.3. The molecule has 20 heavy (non-hydrogen) atoms. The van der Waals surface area contributed by atoms with E-state index < -0.39 is 0 Å². The second-order valence-corrected chi connectivity index (χ2v) is 5.19. The summed E-state index contributed by atoms with van der Waals surface area (Å²) in [7, 11) is 0. The first-order valence-electron chi connectivity index (χ1n) is 7.45. The minimum Gasteiger partial charge on any atom is -0.396 e. The van der Waals surface area contributed by atoms with Crippen molar-refractivity contribution in [1.82, 2.24) is 0 Å². The number of aliphatic hydroxyl groups is 1. The van der Waals surface area contributed by atoms with Crippen LogP contribution in [0.1, 0.15) is 48.9 Å². The lowest BCUT2D eigenvalue weighted by Gasteiger charge is -2.06. The third kappa shape index (κ3) is 3.91. The van der Waals surface area contributed by atoms with Crippen LogP contribution < -0.4 is 0 Å². The number of benzene rings is 2. The third-order valence-corrected chi connectivity index (χ3v) is 3.65. The van der Waals surface area contributed by atoms with Crippen LogP contribution in [0.3, 0.4) is 0 Å². The lowest BCUT2D eigenvalue weighted by atomic mass is 9.98. The summed E-state index contributed by atoms with van der Waals surface area (Å²) < 4.78 is 0. The smallest absolute Gasteiger partial charge is 0.163 e. The molecule has 106 valence electrons. The van der Waals surface area contributed by atoms with E-state index >= 15 is 0 Å². The first kappa shape index (κ1) is 14.7. The number of ketones is 1. The van der Waals surface area contributed by atoms with Crippen molar-refractivity contribution in [3.05, 3.63) is 48.0 Å². The Balaban J connectivity index is 1.91. The van der Waals surface area contributed by atoms with Gasteiger partial charge in [-0.2, -0.15) is 0 Å². The highest BCUT2D eigenvalue weighted by molar-refractivity contribution is 6.08. The summed E-state index contributed by atoms with van der Waals surface area (Å²) in [5.74, 6) is 0.240. The number of unbranched alkanes of at least 4 members (excludes halogenated alkanes) is 4. The molecule has 1 N–H and O–H groups in total. The summed E-state index contributed by atoms with van der Waals surface area (Å²) in [5.41, 5.74) is 0.846. The van der Waals surface area contributed by atoms with Gasteiger partial charge in [0.05, 0.1) is 0 Å². The maximum atomic E-state index is 12.3. The van der Waals surface area contributed by atoms with Crippen LogP contribution >= 0.6 is 0 Å². The molecule has 2 aromatic carbocycles. The molecule has 0 aliphatic rings. The summed E-state index contributed by atoms with van der Waals surface area (Å²) in [6, 6.07) is 14.0. The molecular formula is C18H22O2. The van der Waals surface area contributed by atoms with Crippen molar-refractivity contribution in [2.75, 3.05) is 6.61 Å². The number of aliphatic hydroxyl groups excluding tert-OH is 1. The summed E-state index contributed by atoms with van der Waals surface area (Å²) in [5, 5.41) is 10.9. The molecule has 0 unspecified atom stereocenters. The van der Waals surface area contributed by atoms with Crippen LogP contribution in [-0.2, 0) is 0 Å². The molecule has 0 spiro atoms. The van der Waals surface area contributed by atoms with Crippen molar-refractivity contribution < 1.29 is 9.90 Å². The Bertz CT molecular complexity index is 555. The van der Waals surface area contributed by atoms with Gasteiger partial charge < -0.3 is 5.11 Å². The molecule has 2 aromatic rings. The second-order valence-electron chi connectivity index (χ2n) is 5.19. The van der Waals surface area contributed by atoms with Crippen LogP contribution in [0.5, 0.6) is 0 Å². The van der Waals surface area contributed by atoms with E-state index in [1.807, 2.05) is 42.5 Å². The third-order valence-electron chi connectivity index (χ3n) is 3.65. The quantitative estimate of drug-likeness (QED) is 0.571. The average Bonchev–Trinajstić information content (AvgIpc) is 2.50. The number of rotatable bonds is 8. The summed E-state index contributed by atoms with van der Waals surface area (Å²) >= 11 is 0. The van der Waals surface area contributed by atoms with Crippen molar-refractivity contribution in [2.24, 2.45) is 0 Å². The monoisotopic (exact) mass is 270 g/mol. The first-order valence-corrected chi connectivity index (χ1v) is 7.45. The van der Waals surface area contributed by atoms with E-state index in [1.165, 1.54) is 0 Å². The Hall–Kier alpha value is -1.67. The Kier molecular flexibility index (Phi) is 5.75. The molecule has 0 saturated carbocycles. The largest absolute Gasteiger partial charge is 0.396 e. The molecule has 0 amide bonds. The van der Waals surface area contributed by atoms with E-state index in [0.717, 1.165) is 48.4 Å². The molecule has 0 aliphatic heterocycles. The molecule has 0 fully saturated rings. The number of hydrogen-bond acceptors (Lipinski definition) is 2. The van der Waals surface area contributed by atoms with E-state index in [9.17, 15) is 4.79 Å². The number of carbonyl (C=O) groups is 1. The Morgan fingerprint density at radius 1 is 0.850 bits per heavy atom. The SMILES string of the molecule is O=C(CCCCCCCO)c1cccc2ccccc12. The van der Waals surface area contributed by atoms with E-state index in [1.54, 1.807) is 0 Å². The van der Waals surface area contributed by atoms with E-state index in [-0.39, 0.29) is 12.4 Å². The fourth-order valence-corrected chi connectivity index (χ4v) is 2.53. The maximum Gasteiger partial charge on any atom is 0.163 e. The van der Waals surface area contributed by atoms with Gasteiger partial charge in [0, 0.05) is 18.6 Å². The van der Waals surface area contributed by atoms with Crippen LogP contribution in [0.4, 0.5) is 0 Å². The normalized spacial score (nSPS) is 10.8. The molecule has 0 saturated heterocycles. The molecule has 0 aliphatic carbocycles. The highest BCUT2D eigenvalue weighted by Gasteiger charge is 2.09. The molecule has 0 radical (unpaired) electrons. The summed E-state index contributed by atoms with van der Waals surface area (Å²) in [4.78, 5) is 12.3. The van der Waals surface area contributed by atoms with Gasteiger partial charge in [-0.15, -0.1) is 0 Å². The van der Waals surface area contributed by atoms with Crippen molar-refractivity contribution in [1.29, 1.82) is 0 Å². The highest BCUT2D eigenvalue weighted by atomic mass is 16.2. The van der Waals surface area contributed by atoms with Crippen molar-refractivity contribution in [3.8, 4) is 0 Å². The zero-order valence-corrected chi connectivity index (χ0v) is 11.8. The standard InChI is InChI=1S/C18H22O2/c19-14-7-3-1-2-4-13-18(20)17-12-8-10-15-9-5-6-11-16(15)17/h5-6,8-12,19H,1-4,7,13-14H2. The minimum atomic E-state index is 0.240. The number of carbonyl (C=O) groups excluding carboxylic acids is 1. The van der Waals surface area contributed by atoms with Gasteiger partial charge in [0.2, 0.25) is 0 Å². The lowest BCUT2D eigenvalue weighted by Crippen LogP contribution is -2.00. The molecule has 0 atom stereocenters. The fraction of sp³-hybridized carbons (Fsp3) is 0.389. The molecule has 0 aromatic heterocycles. The molecular weight excluding hydrogens is 248 g/mol. The average molecular weight is 270 g/mol. The molecule has 0 bridgehead atoms. The predicted molar refractivity (Wildman–Crippen MR) is 83.1 cm³/mol. The van der Waals surface area contributed by atoms with E-state index in [2.05, 4.69) is 0 Å². The Morgan fingerprint density at radius 2 is 1.55 bits per heavy atom. The van der Waals surface area contributed by atoms with Crippen molar-refractivity contribution in [3.63, 3.8) is 0 Å². The van der Waals surface area contributed by atoms with Crippen LogP contribution in [0.25, 0.3) is 10.8 Å². The summed E-state index contributed by atoms with van der Waals surface area (Å²) in [6.45, 7) is 0.273. The molecule has 2 nitrogen and oxygen atoms in total. The number of fused-ring (bicyclic) bond motifs is 1. The second kappa shape index (κ2) is 7.81. The van der Waals surface area contributed by atoms with Gasteiger partial charge in [-0.05, 0) is 23.6 Å². The topological polar surface area (TPSA) is 37.3 Å². The Labute approximate surface area is 120 Å². The zero-order valence-electron chi connectivity index (χ0n) is 11.8. The van der Waals surface area contributed by atoms with Crippen LogP contribution in [0.15, 0.2) is 42.5 Å². The number of Topliss-reactive ketones (excluding diaryl/α,β-unsaturated/α-hetero) is 1. The van der Waals surface area contributed by atoms with Gasteiger partial charge in [-0.3, -0.25) is 4.79 Å². The van der Waals surface area contributed by atoms with Crippen molar-refractivity contribution >= 4 is 16.6 Å². The van der Waals surface area contributed by atoms with Gasteiger partial charge in [0.15, 0.2) is 5.78 Å². The van der Waals surface area contributed by atoms with Gasteiger partial charge in [0.1, 0.15) is 0 Å². The van der Waals surface area contributed by atoms with Crippen LogP contribution in [-0.4, -0.2) is 17.5 Å². The van der Waals surface area contributed by atoms with Crippen LogP contribution in [0.2, 0.25) is 0 Å². The van der Waals surface area contributed by atoms with Gasteiger partial charge in [-0.1, -0.05) is 61.7 Å². The van der Waals surface area contributed by atoms with Gasteiger partial charge in [-0.25, -0.2) is 0 Å². The summed E-state index contributed by atoms with van der Waals surface area (Å²) in [6.07, 6.45) is 5.65. The van der Waals surface area contributed by atoms with E-state index in [4.69, 9.17) is 5.11 Å².